The lowest BCUT2D eigenvalue weighted by Crippen LogP contribution is -2.37. The fourth-order valence-electron chi connectivity index (χ4n) is 2.27. The molecular weight excluding hydrogens is 274 g/mol. The molecule has 0 saturated carbocycles. The van der Waals surface area contributed by atoms with Crippen molar-refractivity contribution in [3.63, 3.8) is 0 Å². The van der Waals surface area contributed by atoms with Crippen molar-refractivity contribution >= 4 is 5.91 Å². The van der Waals surface area contributed by atoms with E-state index in [1.54, 1.807) is 29.6 Å². The first-order chi connectivity index (χ1) is 10.2. The summed E-state index contributed by atoms with van der Waals surface area (Å²) < 4.78 is 12.7. The Hall–Kier alpha value is -2.12. The van der Waals surface area contributed by atoms with Gasteiger partial charge in [-0.1, -0.05) is 0 Å². The van der Waals surface area contributed by atoms with E-state index in [0.29, 0.717) is 25.5 Å². The number of ether oxygens (including phenoxy) is 1. The molecule has 1 saturated heterocycles. The van der Waals surface area contributed by atoms with Crippen molar-refractivity contribution < 1.29 is 19.1 Å². The van der Waals surface area contributed by atoms with Crippen molar-refractivity contribution in [3.05, 3.63) is 42.4 Å². The summed E-state index contributed by atoms with van der Waals surface area (Å²) in [6, 6.07) is 3.44. The highest BCUT2D eigenvalue weighted by molar-refractivity contribution is 5.91. The van der Waals surface area contributed by atoms with Crippen LogP contribution in [0.15, 0.2) is 35.3 Å². The molecule has 2 aromatic heterocycles. The number of β-amino-alcohol motifs (C(OH)–C–C–N with tert-alkyl or cyclic N) is 1. The summed E-state index contributed by atoms with van der Waals surface area (Å²) in [6.07, 6.45) is 4.55. The summed E-state index contributed by atoms with van der Waals surface area (Å²) in [7, 11) is 0. The second-order valence-corrected chi connectivity index (χ2v) is 4.98. The van der Waals surface area contributed by atoms with Gasteiger partial charge in [-0.25, -0.2) is 4.98 Å². The molecule has 0 aromatic carbocycles. The van der Waals surface area contributed by atoms with Crippen LogP contribution in [-0.4, -0.2) is 57.9 Å². The molecule has 7 nitrogen and oxygen atoms in total. The van der Waals surface area contributed by atoms with Crippen LogP contribution in [0.4, 0.5) is 0 Å². The van der Waals surface area contributed by atoms with Gasteiger partial charge in [0.05, 0.1) is 32.2 Å². The summed E-state index contributed by atoms with van der Waals surface area (Å²) in [5.74, 6) is 0.735. The Morgan fingerprint density at radius 2 is 2.38 bits per heavy atom. The van der Waals surface area contributed by atoms with Gasteiger partial charge in [-0.15, -0.1) is 0 Å². The van der Waals surface area contributed by atoms with Crippen LogP contribution < -0.4 is 0 Å². The zero-order chi connectivity index (χ0) is 14.7. The maximum absolute atomic E-state index is 12.4. The van der Waals surface area contributed by atoms with Gasteiger partial charge in [-0.2, -0.15) is 0 Å². The SMILES string of the molecule is O=C(c1ccc(Cn2ccnc2)o1)N1CCOC[C@@H](O)C1. The maximum Gasteiger partial charge on any atom is 0.289 e. The van der Waals surface area contributed by atoms with Crippen molar-refractivity contribution in [1.29, 1.82) is 0 Å². The molecule has 0 aliphatic carbocycles. The highest BCUT2D eigenvalue weighted by Crippen LogP contribution is 2.13. The summed E-state index contributed by atoms with van der Waals surface area (Å²) >= 11 is 0. The van der Waals surface area contributed by atoms with Gasteiger partial charge < -0.3 is 23.7 Å². The molecule has 0 spiro atoms. The first-order valence-corrected chi connectivity index (χ1v) is 6.82. The lowest BCUT2D eigenvalue weighted by molar-refractivity contribution is 0.0525. The Balaban J connectivity index is 1.68. The number of hydrogen-bond donors (Lipinski definition) is 1. The predicted octanol–water partition coefficient (Wildman–Crippen LogP) is 0.358. The van der Waals surface area contributed by atoms with E-state index in [0.717, 1.165) is 0 Å². The Morgan fingerprint density at radius 1 is 1.48 bits per heavy atom. The van der Waals surface area contributed by atoms with E-state index in [2.05, 4.69) is 4.98 Å². The van der Waals surface area contributed by atoms with E-state index in [9.17, 15) is 9.90 Å². The number of imidazole rings is 1. The number of carbonyl (C=O) groups is 1. The molecule has 1 N–H and O–H groups in total. The van der Waals surface area contributed by atoms with Crippen molar-refractivity contribution in [1.82, 2.24) is 14.5 Å². The fraction of sp³-hybridized carbons (Fsp3) is 0.429. The maximum atomic E-state index is 12.4. The van der Waals surface area contributed by atoms with E-state index in [1.807, 2.05) is 10.8 Å². The van der Waals surface area contributed by atoms with Gasteiger partial charge in [0, 0.05) is 25.5 Å². The fourth-order valence-corrected chi connectivity index (χ4v) is 2.27. The molecular formula is C14H17N3O4. The van der Waals surface area contributed by atoms with E-state index >= 15 is 0 Å². The molecule has 1 atom stereocenters. The van der Waals surface area contributed by atoms with Gasteiger partial charge in [0.25, 0.3) is 5.91 Å². The third-order valence-corrected chi connectivity index (χ3v) is 3.30. The minimum Gasteiger partial charge on any atom is -0.454 e. The smallest absolute Gasteiger partial charge is 0.289 e. The molecule has 3 heterocycles. The number of aliphatic hydroxyl groups excluding tert-OH is 1. The largest absolute Gasteiger partial charge is 0.454 e. The predicted molar refractivity (Wildman–Crippen MR) is 72.8 cm³/mol. The highest BCUT2D eigenvalue weighted by atomic mass is 16.5. The second-order valence-electron chi connectivity index (χ2n) is 4.98. The Kier molecular flexibility index (Phi) is 4.03. The zero-order valence-corrected chi connectivity index (χ0v) is 11.5. The average Bonchev–Trinajstić information content (AvgIpc) is 3.09. The second kappa shape index (κ2) is 6.11. The molecule has 1 aliphatic rings. The van der Waals surface area contributed by atoms with Gasteiger partial charge in [-0.05, 0) is 12.1 Å². The number of aromatic nitrogens is 2. The Morgan fingerprint density at radius 3 is 3.19 bits per heavy atom. The number of hydrogen-bond acceptors (Lipinski definition) is 5. The molecule has 3 rings (SSSR count). The van der Waals surface area contributed by atoms with Crippen LogP contribution >= 0.6 is 0 Å². The minimum atomic E-state index is -0.656. The minimum absolute atomic E-state index is 0.226. The topological polar surface area (TPSA) is 80.7 Å². The van der Waals surface area contributed by atoms with Crippen LogP contribution in [-0.2, 0) is 11.3 Å². The summed E-state index contributed by atoms with van der Waals surface area (Å²) in [5, 5.41) is 9.67. The number of nitrogens with zero attached hydrogens (tertiary/aromatic N) is 3. The van der Waals surface area contributed by atoms with Crippen molar-refractivity contribution in [2.45, 2.75) is 12.6 Å². The molecule has 0 unspecified atom stereocenters. The molecule has 2 aromatic rings. The van der Waals surface area contributed by atoms with Gasteiger partial charge in [0.15, 0.2) is 5.76 Å². The monoisotopic (exact) mass is 291 g/mol. The third kappa shape index (κ3) is 3.32. The normalized spacial score (nSPS) is 19.5. The van der Waals surface area contributed by atoms with Crippen LogP contribution in [0.5, 0.6) is 0 Å². The molecule has 1 fully saturated rings. The lowest BCUT2D eigenvalue weighted by atomic mass is 10.3. The Bertz CT molecular complexity index is 593. The molecule has 21 heavy (non-hydrogen) atoms. The quantitative estimate of drug-likeness (QED) is 0.883. The molecule has 112 valence electrons. The van der Waals surface area contributed by atoms with E-state index < -0.39 is 6.10 Å². The van der Waals surface area contributed by atoms with Gasteiger partial charge in [-0.3, -0.25) is 4.79 Å². The summed E-state index contributed by atoms with van der Waals surface area (Å²) in [6.45, 7) is 1.92. The van der Waals surface area contributed by atoms with E-state index in [1.165, 1.54) is 0 Å². The van der Waals surface area contributed by atoms with Gasteiger partial charge in [0.2, 0.25) is 0 Å². The number of aliphatic hydroxyl groups is 1. The van der Waals surface area contributed by atoms with Gasteiger partial charge in [0.1, 0.15) is 5.76 Å². The van der Waals surface area contributed by atoms with Gasteiger partial charge >= 0.3 is 0 Å². The van der Waals surface area contributed by atoms with E-state index in [4.69, 9.17) is 9.15 Å². The number of rotatable bonds is 3. The number of carbonyl (C=O) groups excluding carboxylic acids is 1. The van der Waals surface area contributed by atoms with Crippen LogP contribution in [0.2, 0.25) is 0 Å². The van der Waals surface area contributed by atoms with Crippen LogP contribution in [0.1, 0.15) is 16.3 Å². The number of amides is 1. The standard InChI is InChI=1S/C14H17N3O4/c18-11-7-17(5-6-20-9-11)14(19)13-2-1-12(21-13)8-16-4-3-15-10-16/h1-4,10-11,18H,5-9H2/t11-/m0/s1. The molecule has 1 amide bonds. The Labute approximate surface area is 121 Å². The average molecular weight is 291 g/mol. The number of furan rings is 1. The van der Waals surface area contributed by atoms with Crippen LogP contribution in [0, 0.1) is 0 Å². The highest BCUT2D eigenvalue weighted by Gasteiger charge is 2.24. The summed E-state index contributed by atoms with van der Waals surface area (Å²) in [5.41, 5.74) is 0. The molecule has 7 heteroatoms. The third-order valence-electron chi connectivity index (χ3n) is 3.30. The molecule has 0 radical (unpaired) electrons. The first kappa shape index (κ1) is 13.8. The van der Waals surface area contributed by atoms with Crippen molar-refractivity contribution in [2.24, 2.45) is 0 Å². The van der Waals surface area contributed by atoms with Crippen molar-refractivity contribution in [2.75, 3.05) is 26.3 Å². The van der Waals surface area contributed by atoms with Crippen LogP contribution in [0.25, 0.3) is 0 Å². The molecule has 1 aliphatic heterocycles. The zero-order valence-electron chi connectivity index (χ0n) is 11.5. The first-order valence-electron chi connectivity index (χ1n) is 6.82. The van der Waals surface area contributed by atoms with E-state index in [-0.39, 0.29) is 24.8 Å². The van der Waals surface area contributed by atoms with Crippen molar-refractivity contribution in [3.8, 4) is 0 Å². The molecule has 0 bridgehead atoms. The van der Waals surface area contributed by atoms with Crippen LogP contribution in [0.3, 0.4) is 0 Å². The lowest BCUT2D eigenvalue weighted by Gasteiger charge is -2.19. The summed E-state index contributed by atoms with van der Waals surface area (Å²) in [4.78, 5) is 17.9.